The van der Waals surface area contributed by atoms with Crippen molar-refractivity contribution < 1.29 is 13.2 Å². The van der Waals surface area contributed by atoms with Crippen LogP contribution in [0.1, 0.15) is 0 Å². The first-order valence-corrected chi connectivity index (χ1v) is 7.08. The lowest BCUT2D eigenvalue weighted by Gasteiger charge is -2.25. The number of sulfone groups is 1. The predicted molar refractivity (Wildman–Crippen MR) is 60.5 cm³/mol. The zero-order chi connectivity index (χ0) is 10.9. The maximum Gasteiger partial charge on any atom is 0.178 e. The third-order valence-corrected chi connectivity index (χ3v) is 4.76. The maximum atomic E-state index is 11.9. The van der Waals surface area contributed by atoms with E-state index < -0.39 is 9.84 Å². The molecule has 0 aliphatic carbocycles. The molecule has 5 heteroatoms. The van der Waals surface area contributed by atoms with Gasteiger partial charge in [-0.15, -0.1) is 0 Å². The van der Waals surface area contributed by atoms with Crippen molar-refractivity contribution in [3.8, 4) is 0 Å². The van der Waals surface area contributed by atoms with E-state index in [0.717, 1.165) is 4.47 Å². The monoisotopic (exact) mass is 290 g/mol. The van der Waals surface area contributed by atoms with Gasteiger partial charge in [0.2, 0.25) is 0 Å². The van der Waals surface area contributed by atoms with E-state index in [1.807, 2.05) is 0 Å². The second kappa shape index (κ2) is 4.23. The van der Waals surface area contributed by atoms with Crippen LogP contribution in [0.15, 0.2) is 33.6 Å². The normalized spacial score (nSPS) is 17.4. The number of hydrogen-bond donors (Lipinski definition) is 0. The Bertz CT molecular complexity index is 434. The summed E-state index contributed by atoms with van der Waals surface area (Å²) < 4.78 is 29.6. The molecule has 2 rings (SSSR count). The summed E-state index contributed by atoms with van der Waals surface area (Å²) in [6.45, 7) is 1.13. The number of ether oxygens (including phenoxy) is 1. The third-order valence-electron chi connectivity index (χ3n) is 2.33. The SMILES string of the molecule is O=S(=O)(CC1COC1)c1ccc(Br)cc1. The molecule has 0 atom stereocenters. The Kier molecular flexibility index (Phi) is 3.13. The molecular formula is C10H11BrO3S. The second-order valence-corrected chi connectivity index (χ2v) is 6.59. The fourth-order valence-electron chi connectivity index (χ4n) is 1.43. The lowest BCUT2D eigenvalue weighted by Crippen LogP contribution is -2.33. The van der Waals surface area contributed by atoms with Crippen molar-refractivity contribution in [2.45, 2.75) is 4.90 Å². The second-order valence-electron chi connectivity index (χ2n) is 3.64. The molecule has 0 N–H and O–H groups in total. The van der Waals surface area contributed by atoms with Crippen LogP contribution in [0.2, 0.25) is 0 Å². The molecule has 3 nitrogen and oxygen atoms in total. The van der Waals surface area contributed by atoms with Gasteiger partial charge in [0.1, 0.15) is 0 Å². The number of hydrogen-bond acceptors (Lipinski definition) is 3. The average molecular weight is 291 g/mol. The van der Waals surface area contributed by atoms with Crippen LogP contribution in [0.25, 0.3) is 0 Å². The largest absolute Gasteiger partial charge is 0.381 e. The zero-order valence-electron chi connectivity index (χ0n) is 8.02. The Morgan fingerprint density at radius 3 is 2.33 bits per heavy atom. The lowest BCUT2D eigenvalue weighted by molar-refractivity contribution is -0.0204. The topological polar surface area (TPSA) is 43.4 Å². The molecule has 0 saturated carbocycles. The molecule has 0 unspecified atom stereocenters. The summed E-state index contributed by atoms with van der Waals surface area (Å²) in [7, 11) is -3.14. The van der Waals surface area contributed by atoms with Crippen molar-refractivity contribution in [2.24, 2.45) is 5.92 Å². The van der Waals surface area contributed by atoms with Crippen molar-refractivity contribution in [1.82, 2.24) is 0 Å². The molecule has 82 valence electrons. The summed E-state index contributed by atoms with van der Waals surface area (Å²) in [6.07, 6.45) is 0. The molecule has 1 aliphatic heterocycles. The molecule has 0 aromatic heterocycles. The van der Waals surface area contributed by atoms with E-state index in [-0.39, 0.29) is 11.7 Å². The van der Waals surface area contributed by atoms with Gasteiger partial charge in [0.15, 0.2) is 9.84 Å². The van der Waals surface area contributed by atoms with Crippen LogP contribution in [0, 0.1) is 5.92 Å². The molecule has 1 aromatic rings. The first-order valence-electron chi connectivity index (χ1n) is 4.64. The van der Waals surface area contributed by atoms with Gasteiger partial charge in [-0.3, -0.25) is 0 Å². The third kappa shape index (κ3) is 2.59. The van der Waals surface area contributed by atoms with Crippen LogP contribution in [0.5, 0.6) is 0 Å². The molecule has 0 spiro atoms. The van der Waals surface area contributed by atoms with Gasteiger partial charge in [-0.25, -0.2) is 8.42 Å². The molecule has 0 amide bonds. The van der Waals surface area contributed by atoms with Gasteiger partial charge < -0.3 is 4.74 Å². The molecule has 1 heterocycles. The first kappa shape index (κ1) is 11.1. The summed E-state index contributed by atoms with van der Waals surface area (Å²) in [5, 5.41) is 0. The molecule has 0 radical (unpaired) electrons. The minimum atomic E-state index is -3.14. The Hall–Kier alpha value is -0.390. The Morgan fingerprint density at radius 2 is 1.87 bits per heavy atom. The zero-order valence-corrected chi connectivity index (χ0v) is 10.4. The van der Waals surface area contributed by atoms with E-state index in [0.29, 0.717) is 18.1 Å². The van der Waals surface area contributed by atoms with Crippen LogP contribution in [0.4, 0.5) is 0 Å². The first-order chi connectivity index (χ1) is 7.08. The molecule has 1 aromatic carbocycles. The summed E-state index contributed by atoms with van der Waals surface area (Å²) in [5.74, 6) is 0.355. The van der Waals surface area contributed by atoms with E-state index in [1.54, 1.807) is 24.3 Å². The van der Waals surface area contributed by atoms with Gasteiger partial charge in [-0.1, -0.05) is 15.9 Å². The molecule has 1 fully saturated rings. The van der Waals surface area contributed by atoms with E-state index >= 15 is 0 Å². The quantitative estimate of drug-likeness (QED) is 0.854. The summed E-state index contributed by atoms with van der Waals surface area (Å²) in [6, 6.07) is 6.73. The maximum absolute atomic E-state index is 11.9. The van der Waals surface area contributed by atoms with Gasteiger partial charge >= 0.3 is 0 Å². The van der Waals surface area contributed by atoms with Crippen molar-refractivity contribution in [3.05, 3.63) is 28.7 Å². The van der Waals surface area contributed by atoms with Crippen molar-refractivity contribution in [2.75, 3.05) is 19.0 Å². The number of halogens is 1. The van der Waals surface area contributed by atoms with Gasteiger partial charge in [-0.2, -0.15) is 0 Å². The Labute approximate surface area is 97.5 Å². The summed E-state index contributed by atoms with van der Waals surface area (Å²) >= 11 is 3.27. The minimum Gasteiger partial charge on any atom is -0.381 e. The van der Waals surface area contributed by atoms with Crippen LogP contribution < -0.4 is 0 Å². The molecule has 1 saturated heterocycles. The van der Waals surface area contributed by atoms with Crippen molar-refractivity contribution >= 4 is 25.8 Å². The lowest BCUT2D eigenvalue weighted by atomic mass is 10.1. The van der Waals surface area contributed by atoms with Gasteiger partial charge in [0, 0.05) is 10.4 Å². The molecule has 0 bridgehead atoms. The predicted octanol–water partition coefficient (Wildman–Crippen LogP) is 1.87. The minimum absolute atomic E-state index is 0.165. The summed E-state index contributed by atoms with van der Waals surface area (Å²) in [4.78, 5) is 0.387. The summed E-state index contributed by atoms with van der Waals surface area (Å²) in [5.41, 5.74) is 0. The van der Waals surface area contributed by atoms with Gasteiger partial charge in [0.05, 0.1) is 23.9 Å². The van der Waals surface area contributed by atoms with Crippen molar-refractivity contribution in [1.29, 1.82) is 0 Å². The fourth-order valence-corrected chi connectivity index (χ4v) is 3.25. The molecular weight excluding hydrogens is 280 g/mol. The number of benzene rings is 1. The highest BCUT2D eigenvalue weighted by Gasteiger charge is 2.26. The highest BCUT2D eigenvalue weighted by Crippen LogP contribution is 2.20. The number of rotatable bonds is 3. The molecule has 15 heavy (non-hydrogen) atoms. The van der Waals surface area contributed by atoms with E-state index in [2.05, 4.69) is 15.9 Å². The van der Waals surface area contributed by atoms with E-state index in [9.17, 15) is 8.42 Å². The van der Waals surface area contributed by atoms with Crippen LogP contribution in [-0.4, -0.2) is 27.4 Å². The highest BCUT2D eigenvalue weighted by molar-refractivity contribution is 9.10. The van der Waals surface area contributed by atoms with Crippen LogP contribution in [0.3, 0.4) is 0 Å². The Morgan fingerprint density at radius 1 is 1.27 bits per heavy atom. The average Bonchev–Trinajstić information content (AvgIpc) is 2.13. The smallest absolute Gasteiger partial charge is 0.178 e. The van der Waals surface area contributed by atoms with Crippen LogP contribution >= 0.6 is 15.9 Å². The van der Waals surface area contributed by atoms with Crippen molar-refractivity contribution in [3.63, 3.8) is 0 Å². The molecule has 1 aliphatic rings. The van der Waals surface area contributed by atoms with Gasteiger partial charge in [0.25, 0.3) is 0 Å². The fraction of sp³-hybridized carbons (Fsp3) is 0.400. The standard InChI is InChI=1S/C10H11BrO3S/c11-9-1-3-10(4-2-9)15(12,13)7-8-5-14-6-8/h1-4,8H,5-7H2. The van der Waals surface area contributed by atoms with E-state index in [1.165, 1.54) is 0 Å². The van der Waals surface area contributed by atoms with Crippen LogP contribution in [-0.2, 0) is 14.6 Å². The van der Waals surface area contributed by atoms with Gasteiger partial charge in [-0.05, 0) is 24.3 Å². The highest BCUT2D eigenvalue weighted by atomic mass is 79.9. The van der Waals surface area contributed by atoms with E-state index in [4.69, 9.17) is 4.74 Å². The Balaban J connectivity index is 2.17.